The van der Waals surface area contributed by atoms with E-state index in [4.69, 9.17) is 9.47 Å². The van der Waals surface area contributed by atoms with Gasteiger partial charge >= 0.3 is 11.9 Å². The Kier molecular flexibility index (Phi) is 25.1. The first-order valence-electron chi connectivity index (χ1n) is 12.8. The van der Waals surface area contributed by atoms with Crippen molar-refractivity contribution in [1.29, 1.82) is 0 Å². The Hall–Kier alpha value is -1.06. The Morgan fingerprint density at radius 1 is 0.667 bits per heavy atom. The molecule has 0 amide bonds. The lowest BCUT2D eigenvalue weighted by atomic mass is 10.1. The highest BCUT2D eigenvalue weighted by molar-refractivity contribution is 5.69. The maximum Gasteiger partial charge on any atom is 0.306 e. The Morgan fingerprint density at radius 2 is 1.20 bits per heavy atom. The molecule has 2 atom stereocenters. The summed E-state index contributed by atoms with van der Waals surface area (Å²) in [6.45, 7) is 13.4. The van der Waals surface area contributed by atoms with Gasteiger partial charge in [0, 0.05) is 12.8 Å². The predicted octanol–water partition coefficient (Wildman–Crippen LogP) is 8.01. The Balaban J connectivity index is 0. The highest BCUT2D eigenvalue weighted by Gasteiger charge is 2.11. The Labute approximate surface area is 187 Å². The van der Waals surface area contributed by atoms with E-state index in [0.717, 1.165) is 57.8 Å². The van der Waals surface area contributed by atoms with E-state index in [-0.39, 0.29) is 18.0 Å². The number of ether oxygens (including phenoxy) is 2. The minimum absolute atomic E-state index is 0.00796. The van der Waals surface area contributed by atoms with Crippen LogP contribution in [0.3, 0.4) is 0 Å². The number of esters is 2. The van der Waals surface area contributed by atoms with Crippen molar-refractivity contribution >= 4 is 11.9 Å². The van der Waals surface area contributed by atoms with Crippen molar-refractivity contribution in [2.45, 2.75) is 144 Å². The quantitative estimate of drug-likeness (QED) is 0.164. The molecule has 4 nitrogen and oxygen atoms in total. The molecule has 0 spiro atoms. The van der Waals surface area contributed by atoms with Crippen molar-refractivity contribution in [1.82, 2.24) is 0 Å². The zero-order chi connectivity index (χ0) is 23.0. The summed E-state index contributed by atoms with van der Waals surface area (Å²) in [7, 11) is 0. The maximum absolute atomic E-state index is 11.4. The fraction of sp³-hybridized carbons (Fsp3) is 0.923. The van der Waals surface area contributed by atoms with Crippen molar-refractivity contribution in [2.24, 2.45) is 5.92 Å². The molecule has 180 valence electrons. The van der Waals surface area contributed by atoms with Gasteiger partial charge in [-0.1, -0.05) is 99.3 Å². The molecule has 0 aliphatic carbocycles. The summed E-state index contributed by atoms with van der Waals surface area (Å²) < 4.78 is 10.6. The molecule has 30 heavy (non-hydrogen) atoms. The zero-order valence-electron chi connectivity index (χ0n) is 21.1. The molecule has 0 aromatic carbocycles. The third-order valence-electron chi connectivity index (χ3n) is 5.33. The normalized spacial score (nSPS) is 12.5. The van der Waals surface area contributed by atoms with Gasteiger partial charge in [0.2, 0.25) is 0 Å². The Morgan fingerprint density at radius 3 is 1.77 bits per heavy atom. The molecule has 0 bridgehead atoms. The van der Waals surface area contributed by atoms with E-state index in [0.29, 0.717) is 25.4 Å². The van der Waals surface area contributed by atoms with E-state index in [2.05, 4.69) is 41.5 Å². The van der Waals surface area contributed by atoms with Gasteiger partial charge in [0.05, 0.1) is 6.61 Å². The number of unbranched alkanes of at least 4 members (excludes halogenated alkanes) is 7. The lowest BCUT2D eigenvalue weighted by Gasteiger charge is -2.15. The lowest BCUT2D eigenvalue weighted by molar-refractivity contribution is -0.149. The SMILES string of the molecule is CCCCCC(=O)OC(CC)CCCC.CCCCCCCC(=O)OCC(C)CC. The van der Waals surface area contributed by atoms with Crippen LogP contribution in [0.4, 0.5) is 0 Å². The van der Waals surface area contributed by atoms with Gasteiger partial charge in [-0.15, -0.1) is 0 Å². The van der Waals surface area contributed by atoms with Crippen LogP contribution < -0.4 is 0 Å². The van der Waals surface area contributed by atoms with Crippen molar-refractivity contribution < 1.29 is 19.1 Å². The van der Waals surface area contributed by atoms with E-state index in [9.17, 15) is 9.59 Å². The van der Waals surface area contributed by atoms with Crippen LogP contribution in [0.15, 0.2) is 0 Å². The molecule has 4 heteroatoms. The molecule has 0 rings (SSSR count). The van der Waals surface area contributed by atoms with Gasteiger partial charge in [-0.2, -0.15) is 0 Å². The van der Waals surface area contributed by atoms with Crippen LogP contribution in [-0.4, -0.2) is 24.6 Å². The van der Waals surface area contributed by atoms with E-state index in [1.807, 2.05) is 0 Å². The molecule has 0 aliphatic heterocycles. The van der Waals surface area contributed by atoms with Crippen molar-refractivity contribution in [3.8, 4) is 0 Å². The van der Waals surface area contributed by atoms with Crippen molar-refractivity contribution in [2.75, 3.05) is 6.61 Å². The predicted molar refractivity (Wildman–Crippen MR) is 128 cm³/mol. The number of carbonyl (C=O) groups excluding carboxylic acids is 2. The molecule has 0 aromatic heterocycles. The number of rotatable bonds is 18. The fourth-order valence-corrected chi connectivity index (χ4v) is 2.84. The number of hydrogen-bond donors (Lipinski definition) is 0. The summed E-state index contributed by atoms with van der Waals surface area (Å²) in [6, 6.07) is 0. The van der Waals surface area contributed by atoms with Crippen molar-refractivity contribution in [3.63, 3.8) is 0 Å². The van der Waals surface area contributed by atoms with Crippen LogP contribution >= 0.6 is 0 Å². The van der Waals surface area contributed by atoms with Crippen LogP contribution in [0.1, 0.15) is 138 Å². The molecule has 0 aromatic rings. The summed E-state index contributed by atoms with van der Waals surface area (Å²) in [5.74, 6) is 0.465. The fourth-order valence-electron chi connectivity index (χ4n) is 2.84. The van der Waals surface area contributed by atoms with Crippen LogP contribution in [0.5, 0.6) is 0 Å². The molecule has 0 saturated carbocycles. The van der Waals surface area contributed by atoms with E-state index in [1.165, 1.54) is 25.7 Å². The monoisotopic (exact) mass is 428 g/mol. The summed E-state index contributed by atoms with van der Waals surface area (Å²) in [5, 5.41) is 0. The summed E-state index contributed by atoms with van der Waals surface area (Å²) in [4.78, 5) is 22.7. The molecule has 0 heterocycles. The average molecular weight is 429 g/mol. The molecular weight excluding hydrogens is 376 g/mol. The second-order valence-corrected chi connectivity index (χ2v) is 8.48. The topological polar surface area (TPSA) is 52.6 Å². The van der Waals surface area contributed by atoms with Crippen LogP contribution in [0, 0.1) is 5.92 Å². The zero-order valence-corrected chi connectivity index (χ0v) is 21.1. The highest BCUT2D eigenvalue weighted by atomic mass is 16.5. The van der Waals surface area contributed by atoms with Gasteiger partial charge < -0.3 is 9.47 Å². The van der Waals surface area contributed by atoms with Gasteiger partial charge in [0.1, 0.15) is 6.10 Å². The van der Waals surface area contributed by atoms with Gasteiger partial charge in [-0.05, 0) is 31.6 Å². The van der Waals surface area contributed by atoms with Crippen LogP contribution in [-0.2, 0) is 19.1 Å². The summed E-state index contributed by atoms with van der Waals surface area (Å²) >= 11 is 0. The number of carbonyl (C=O) groups is 2. The smallest absolute Gasteiger partial charge is 0.306 e. The second kappa shape index (κ2) is 24.2. The molecule has 0 fully saturated rings. The summed E-state index contributed by atoms with van der Waals surface area (Å²) in [6.07, 6.45) is 15.9. The third-order valence-corrected chi connectivity index (χ3v) is 5.33. The molecule has 0 saturated heterocycles. The first-order chi connectivity index (χ1) is 14.4. The maximum atomic E-state index is 11.4. The molecule has 2 unspecified atom stereocenters. The first-order valence-corrected chi connectivity index (χ1v) is 12.8. The minimum Gasteiger partial charge on any atom is -0.465 e. The molecule has 0 radical (unpaired) electrons. The van der Waals surface area contributed by atoms with E-state index in [1.54, 1.807) is 0 Å². The standard InChI is InChI=1S/2C13H26O2/c1-4-6-7-8-9-10-13(14)15-11-12(3)5-2;1-4-7-9-11-13(14)15-12(6-3)10-8-5-2/h2*12H,4-11H2,1-3H3. The second-order valence-electron chi connectivity index (χ2n) is 8.48. The van der Waals surface area contributed by atoms with Crippen LogP contribution in [0.25, 0.3) is 0 Å². The van der Waals surface area contributed by atoms with E-state index >= 15 is 0 Å². The minimum atomic E-state index is -0.0215. The summed E-state index contributed by atoms with van der Waals surface area (Å²) in [5.41, 5.74) is 0. The lowest BCUT2D eigenvalue weighted by Crippen LogP contribution is -2.17. The van der Waals surface area contributed by atoms with Gasteiger partial charge in [0.25, 0.3) is 0 Å². The van der Waals surface area contributed by atoms with Gasteiger partial charge in [-0.25, -0.2) is 0 Å². The van der Waals surface area contributed by atoms with Gasteiger partial charge in [-0.3, -0.25) is 9.59 Å². The number of hydrogen-bond acceptors (Lipinski definition) is 4. The molecular formula is C26H52O4. The highest BCUT2D eigenvalue weighted by Crippen LogP contribution is 2.11. The Bertz CT molecular complexity index is 381. The first kappa shape index (κ1) is 31.1. The molecule has 0 aliphatic rings. The van der Waals surface area contributed by atoms with Gasteiger partial charge in [0.15, 0.2) is 0 Å². The van der Waals surface area contributed by atoms with Crippen molar-refractivity contribution in [3.05, 3.63) is 0 Å². The van der Waals surface area contributed by atoms with Crippen LogP contribution in [0.2, 0.25) is 0 Å². The third kappa shape index (κ3) is 23.2. The van der Waals surface area contributed by atoms with E-state index < -0.39 is 0 Å². The average Bonchev–Trinajstić information content (AvgIpc) is 2.75. The largest absolute Gasteiger partial charge is 0.465 e. The molecule has 0 N–H and O–H groups in total.